The zero-order chi connectivity index (χ0) is 14.6. The van der Waals surface area contributed by atoms with Crippen LogP contribution in [0.4, 0.5) is 0 Å². The maximum absolute atomic E-state index is 11.7. The Morgan fingerprint density at radius 2 is 1.90 bits per heavy atom. The van der Waals surface area contributed by atoms with Gasteiger partial charge in [0.1, 0.15) is 0 Å². The Balaban J connectivity index is 1.87. The molecule has 0 fully saturated rings. The molecule has 106 valence electrons. The third kappa shape index (κ3) is 3.69. The highest BCUT2D eigenvalue weighted by Crippen LogP contribution is 2.09. The number of primary sulfonamides is 1. The molecule has 4 N–H and O–H groups in total. The van der Waals surface area contributed by atoms with E-state index in [0.29, 0.717) is 18.5 Å². The minimum Gasteiger partial charge on any atom is -0.367 e. The van der Waals surface area contributed by atoms with Crippen molar-refractivity contribution < 1.29 is 13.2 Å². The first kappa shape index (κ1) is 14.3. The fourth-order valence-electron chi connectivity index (χ4n) is 1.73. The van der Waals surface area contributed by atoms with Crippen LogP contribution in [0.2, 0.25) is 0 Å². The zero-order valence-electron chi connectivity index (χ0n) is 10.7. The van der Waals surface area contributed by atoms with Crippen LogP contribution in [0.3, 0.4) is 0 Å². The van der Waals surface area contributed by atoms with Gasteiger partial charge < -0.3 is 10.3 Å². The first-order valence-corrected chi connectivity index (χ1v) is 7.54. The molecule has 1 amide bonds. The number of nitrogens with one attached hydrogen (secondary N) is 2. The molecule has 2 aromatic rings. The summed E-state index contributed by atoms with van der Waals surface area (Å²) < 4.78 is 22.2. The van der Waals surface area contributed by atoms with Crippen LogP contribution in [-0.2, 0) is 16.4 Å². The van der Waals surface area contributed by atoms with Crippen LogP contribution in [0.1, 0.15) is 15.9 Å². The first-order valence-electron chi connectivity index (χ1n) is 5.99. The second-order valence-corrected chi connectivity index (χ2v) is 5.86. The van der Waals surface area contributed by atoms with E-state index in [9.17, 15) is 13.2 Å². The van der Waals surface area contributed by atoms with Crippen molar-refractivity contribution in [1.82, 2.24) is 10.3 Å². The number of carbonyl (C=O) groups is 1. The third-order valence-corrected chi connectivity index (χ3v) is 3.74. The standard InChI is InChI=1S/C13H15N3O3S/c14-20(18,19)12-3-1-10(2-4-12)5-8-16-13(17)11-6-7-15-9-11/h1-4,6-7,9,15H,5,8H2,(H,16,17)(H2,14,18,19). The van der Waals surface area contributed by atoms with E-state index in [0.717, 1.165) is 5.56 Å². The highest BCUT2D eigenvalue weighted by molar-refractivity contribution is 7.89. The largest absolute Gasteiger partial charge is 0.367 e. The van der Waals surface area contributed by atoms with Gasteiger partial charge in [0.2, 0.25) is 10.0 Å². The van der Waals surface area contributed by atoms with E-state index in [4.69, 9.17) is 5.14 Å². The van der Waals surface area contributed by atoms with Gasteiger partial charge in [-0.25, -0.2) is 13.6 Å². The van der Waals surface area contributed by atoms with Gasteiger partial charge in [0, 0.05) is 18.9 Å². The monoisotopic (exact) mass is 293 g/mol. The number of carbonyl (C=O) groups excluding carboxylic acids is 1. The van der Waals surface area contributed by atoms with Crippen molar-refractivity contribution in [2.24, 2.45) is 5.14 Å². The predicted octanol–water partition coefficient (Wildman–Crippen LogP) is 0.635. The van der Waals surface area contributed by atoms with Crippen molar-refractivity contribution in [3.8, 4) is 0 Å². The van der Waals surface area contributed by atoms with Gasteiger partial charge in [0.15, 0.2) is 0 Å². The van der Waals surface area contributed by atoms with E-state index in [1.54, 1.807) is 30.6 Å². The van der Waals surface area contributed by atoms with Gasteiger partial charge in [-0.1, -0.05) is 12.1 Å². The third-order valence-electron chi connectivity index (χ3n) is 2.81. The molecule has 0 unspecified atom stereocenters. The van der Waals surface area contributed by atoms with E-state index in [2.05, 4.69) is 10.3 Å². The van der Waals surface area contributed by atoms with E-state index in [1.807, 2.05) is 0 Å². The van der Waals surface area contributed by atoms with Crippen LogP contribution < -0.4 is 10.5 Å². The highest BCUT2D eigenvalue weighted by atomic mass is 32.2. The van der Waals surface area contributed by atoms with E-state index in [1.165, 1.54) is 12.1 Å². The van der Waals surface area contributed by atoms with Crippen LogP contribution in [0.5, 0.6) is 0 Å². The molecule has 0 aliphatic heterocycles. The molecule has 1 aromatic carbocycles. The summed E-state index contributed by atoms with van der Waals surface area (Å²) in [6.07, 6.45) is 3.91. The number of H-pyrrole nitrogens is 1. The molecular weight excluding hydrogens is 278 g/mol. The molecule has 0 radical (unpaired) electrons. The zero-order valence-corrected chi connectivity index (χ0v) is 11.5. The number of aromatic nitrogens is 1. The summed E-state index contributed by atoms with van der Waals surface area (Å²) in [5, 5.41) is 7.79. The van der Waals surface area contributed by atoms with E-state index >= 15 is 0 Å². The molecule has 1 heterocycles. The number of benzene rings is 1. The number of sulfonamides is 1. The Kier molecular flexibility index (Phi) is 4.21. The molecule has 0 saturated heterocycles. The molecule has 0 aliphatic rings. The number of hydrogen-bond acceptors (Lipinski definition) is 3. The maximum Gasteiger partial charge on any atom is 0.252 e. The average Bonchev–Trinajstić information content (AvgIpc) is 2.92. The summed E-state index contributed by atoms with van der Waals surface area (Å²) in [5.74, 6) is -0.146. The van der Waals surface area contributed by atoms with Crippen LogP contribution in [-0.4, -0.2) is 25.9 Å². The molecule has 1 aromatic heterocycles. The van der Waals surface area contributed by atoms with Gasteiger partial charge in [0.05, 0.1) is 10.5 Å². The van der Waals surface area contributed by atoms with Gasteiger partial charge >= 0.3 is 0 Å². The summed E-state index contributed by atoms with van der Waals surface area (Å²) in [5.41, 5.74) is 1.50. The lowest BCUT2D eigenvalue weighted by Crippen LogP contribution is -2.25. The molecule has 7 heteroatoms. The second-order valence-electron chi connectivity index (χ2n) is 4.29. The molecule has 6 nitrogen and oxygen atoms in total. The van der Waals surface area contributed by atoms with Crippen molar-refractivity contribution in [1.29, 1.82) is 0 Å². The minimum atomic E-state index is -3.66. The molecule has 0 saturated carbocycles. The highest BCUT2D eigenvalue weighted by Gasteiger charge is 2.07. The first-order chi connectivity index (χ1) is 9.47. The van der Waals surface area contributed by atoms with Crippen molar-refractivity contribution in [3.05, 3.63) is 53.9 Å². The van der Waals surface area contributed by atoms with Crippen molar-refractivity contribution >= 4 is 15.9 Å². The fourth-order valence-corrected chi connectivity index (χ4v) is 2.25. The predicted molar refractivity (Wildman–Crippen MR) is 74.6 cm³/mol. The molecule has 0 bridgehead atoms. The molecule has 0 spiro atoms. The van der Waals surface area contributed by atoms with E-state index < -0.39 is 10.0 Å². The van der Waals surface area contributed by atoms with Gasteiger partial charge in [-0.05, 0) is 30.2 Å². The van der Waals surface area contributed by atoms with Crippen LogP contribution in [0, 0.1) is 0 Å². The summed E-state index contributed by atoms with van der Waals surface area (Å²) in [6.45, 7) is 0.471. The molecule has 20 heavy (non-hydrogen) atoms. The lowest BCUT2D eigenvalue weighted by molar-refractivity contribution is 0.0954. The number of amides is 1. The number of hydrogen-bond donors (Lipinski definition) is 3. The SMILES string of the molecule is NS(=O)(=O)c1ccc(CCNC(=O)c2cc[nH]c2)cc1. The molecular formula is C13H15N3O3S. The second kappa shape index (κ2) is 5.89. The number of aromatic amines is 1. The van der Waals surface area contributed by atoms with Crippen molar-refractivity contribution in [2.75, 3.05) is 6.54 Å². The normalized spacial score (nSPS) is 11.2. The summed E-state index contributed by atoms with van der Waals surface area (Å²) in [7, 11) is -3.66. The van der Waals surface area contributed by atoms with Gasteiger partial charge in [-0.3, -0.25) is 4.79 Å². The summed E-state index contributed by atoms with van der Waals surface area (Å²) >= 11 is 0. The van der Waals surface area contributed by atoms with Gasteiger partial charge in [-0.15, -0.1) is 0 Å². The fraction of sp³-hybridized carbons (Fsp3) is 0.154. The maximum atomic E-state index is 11.7. The lowest BCUT2D eigenvalue weighted by Gasteiger charge is -2.05. The Bertz CT molecular complexity index is 676. The van der Waals surface area contributed by atoms with Crippen molar-refractivity contribution in [3.63, 3.8) is 0 Å². The molecule has 2 rings (SSSR count). The smallest absolute Gasteiger partial charge is 0.252 e. The van der Waals surface area contributed by atoms with Crippen molar-refractivity contribution in [2.45, 2.75) is 11.3 Å². The Labute approximate surface area is 117 Å². The van der Waals surface area contributed by atoms with Crippen LogP contribution in [0.25, 0.3) is 0 Å². The Hall–Kier alpha value is -2.12. The number of rotatable bonds is 5. The Morgan fingerprint density at radius 3 is 2.45 bits per heavy atom. The topological polar surface area (TPSA) is 105 Å². The number of nitrogens with two attached hydrogens (primary N) is 1. The molecule has 0 atom stereocenters. The van der Waals surface area contributed by atoms with Gasteiger partial charge in [-0.2, -0.15) is 0 Å². The average molecular weight is 293 g/mol. The van der Waals surface area contributed by atoms with Crippen LogP contribution >= 0.6 is 0 Å². The van der Waals surface area contributed by atoms with E-state index in [-0.39, 0.29) is 10.8 Å². The van der Waals surface area contributed by atoms with Gasteiger partial charge in [0.25, 0.3) is 5.91 Å². The lowest BCUT2D eigenvalue weighted by atomic mass is 10.1. The minimum absolute atomic E-state index is 0.0811. The van der Waals surface area contributed by atoms with Crippen LogP contribution in [0.15, 0.2) is 47.6 Å². The summed E-state index contributed by atoms with van der Waals surface area (Å²) in [6, 6.07) is 7.97. The summed E-state index contributed by atoms with van der Waals surface area (Å²) in [4.78, 5) is 14.5. The molecule has 0 aliphatic carbocycles. The quantitative estimate of drug-likeness (QED) is 0.753. The Morgan fingerprint density at radius 1 is 1.20 bits per heavy atom.